The van der Waals surface area contributed by atoms with E-state index in [4.69, 9.17) is 4.74 Å². The molecule has 4 amide bonds. The molecule has 0 unspecified atom stereocenters. The second-order valence-electron chi connectivity index (χ2n) is 7.64. The molecule has 4 rings (SSSR count). The molecule has 0 radical (unpaired) electrons. The highest BCUT2D eigenvalue weighted by Gasteiger charge is 2.55. The standard InChI is InChI=1S/C22H24N4O4/c1-25-21(29)26(20(28)22(25)12-6-3-7-13-22)15-18(27)24-17-11-8-14-23-19(17)30-16-9-4-2-5-10-16/h2,4-5,8-11,14H,3,6-7,12-13,15H2,1H3,(H,24,27). The van der Waals surface area contributed by atoms with Crippen LogP contribution in [-0.2, 0) is 9.59 Å². The summed E-state index contributed by atoms with van der Waals surface area (Å²) in [7, 11) is 1.65. The molecule has 2 fully saturated rings. The van der Waals surface area contributed by atoms with Crippen LogP contribution >= 0.6 is 0 Å². The van der Waals surface area contributed by atoms with Gasteiger partial charge in [0.15, 0.2) is 0 Å². The largest absolute Gasteiger partial charge is 0.437 e. The minimum Gasteiger partial charge on any atom is -0.437 e. The van der Waals surface area contributed by atoms with Gasteiger partial charge in [-0.05, 0) is 37.1 Å². The van der Waals surface area contributed by atoms with Crippen molar-refractivity contribution in [3.8, 4) is 11.6 Å². The fourth-order valence-electron chi connectivity index (χ4n) is 4.17. The maximum absolute atomic E-state index is 13.0. The highest BCUT2D eigenvalue weighted by atomic mass is 16.5. The number of hydrogen-bond donors (Lipinski definition) is 1. The number of imide groups is 1. The normalized spacial score (nSPS) is 18.0. The summed E-state index contributed by atoms with van der Waals surface area (Å²) < 4.78 is 5.75. The summed E-state index contributed by atoms with van der Waals surface area (Å²) in [4.78, 5) is 45.2. The van der Waals surface area contributed by atoms with Crippen LogP contribution in [0.5, 0.6) is 11.6 Å². The Balaban J connectivity index is 1.47. The molecule has 0 atom stereocenters. The van der Waals surface area contributed by atoms with Gasteiger partial charge in [0.1, 0.15) is 23.5 Å². The molecule has 1 N–H and O–H groups in total. The number of ether oxygens (including phenoxy) is 1. The van der Waals surface area contributed by atoms with Gasteiger partial charge in [-0.1, -0.05) is 37.5 Å². The first-order valence-corrected chi connectivity index (χ1v) is 10.1. The Morgan fingerprint density at radius 2 is 1.83 bits per heavy atom. The van der Waals surface area contributed by atoms with Gasteiger partial charge in [-0.3, -0.25) is 14.5 Å². The molecule has 0 bridgehead atoms. The number of hydrogen-bond acceptors (Lipinski definition) is 5. The average molecular weight is 408 g/mol. The second-order valence-corrected chi connectivity index (χ2v) is 7.64. The van der Waals surface area contributed by atoms with E-state index in [1.54, 1.807) is 37.5 Å². The molecule has 1 aromatic heterocycles. The molecule has 156 valence electrons. The number of aromatic nitrogens is 1. The van der Waals surface area contributed by atoms with E-state index in [9.17, 15) is 14.4 Å². The zero-order chi connectivity index (χ0) is 21.1. The topological polar surface area (TPSA) is 91.8 Å². The van der Waals surface area contributed by atoms with Crippen molar-refractivity contribution < 1.29 is 19.1 Å². The monoisotopic (exact) mass is 408 g/mol. The van der Waals surface area contributed by atoms with Crippen molar-refractivity contribution in [1.82, 2.24) is 14.8 Å². The number of nitrogens with one attached hydrogen (secondary N) is 1. The lowest BCUT2D eigenvalue weighted by molar-refractivity contribution is -0.136. The maximum Gasteiger partial charge on any atom is 0.327 e. The minimum atomic E-state index is -0.800. The summed E-state index contributed by atoms with van der Waals surface area (Å²) in [6.07, 6.45) is 5.71. The van der Waals surface area contributed by atoms with E-state index in [0.717, 1.165) is 24.2 Å². The minimum absolute atomic E-state index is 0.233. The van der Waals surface area contributed by atoms with Crippen molar-refractivity contribution in [2.45, 2.75) is 37.6 Å². The number of rotatable bonds is 5. The number of carbonyl (C=O) groups excluding carboxylic acids is 3. The van der Waals surface area contributed by atoms with Crippen LogP contribution in [0.4, 0.5) is 10.5 Å². The van der Waals surface area contributed by atoms with Crippen molar-refractivity contribution in [3.05, 3.63) is 48.7 Å². The van der Waals surface area contributed by atoms with Gasteiger partial charge < -0.3 is 15.0 Å². The molecule has 8 heteroatoms. The van der Waals surface area contributed by atoms with E-state index < -0.39 is 17.5 Å². The third kappa shape index (κ3) is 3.60. The van der Waals surface area contributed by atoms with Crippen LogP contribution in [0.2, 0.25) is 0 Å². The van der Waals surface area contributed by atoms with Crippen molar-refractivity contribution in [1.29, 1.82) is 0 Å². The Morgan fingerprint density at radius 3 is 2.57 bits per heavy atom. The van der Waals surface area contributed by atoms with Gasteiger partial charge in [0.05, 0.1) is 0 Å². The van der Waals surface area contributed by atoms with E-state index in [-0.39, 0.29) is 18.3 Å². The molecular weight excluding hydrogens is 384 g/mol. The van der Waals surface area contributed by atoms with Crippen LogP contribution in [0.1, 0.15) is 32.1 Å². The van der Waals surface area contributed by atoms with Crippen LogP contribution in [0, 0.1) is 0 Å². The number of nitrogens with zero attached hydrogens (tertiary/aromatic N) is 3. The third-order valence-corrected chi connectivity index (χ3v) is 5.79. The molecule has 2 aromatic rings. The number of urea groups is 1. The second kappa shape index (κ2) is 8.14. The van der Waals surface area contributed by atoms with Crippen molar-refractivity contribution in [2.75, 3.05) is 18.9 Å². The Morgan fingerprint density at radius 1 is 1.10 bits per heavy atom. The number of pyridine rings is 1. The smallest absolute Gasteiger partial charge is 0.327 e. The first-order chi connectivity index (χ1) is 14.5. The van der Waals surface area contributed by atoms with Gasteiger partial charge in [0, 0.05) is 13.2 Å². The molecule has 1 saturated heterocycles. The first kappa shape index (κ1) is 19.9. The van der Waals surface area contributed by atoms with E-state index in [1.165, 1.54) is 4.90 Å². The number of likely N-dealkylation sites (N-methyl/N-ethyl adjacent to an activating group) is 1. The van der Waals surface area contributed by atoms with Gasteiger partial charge in [0.25, 0.3) is 5.91 Å². The average Bonchev–Trinajstić information content (AvgIpc) is 2.93. The molecule has 1 aromatic carbocycles. The first-order valence-electron chi connectivity index (χ1n) is 10.1. The molecular formula is C22H24N4O4. The maximum atomic E-state index is 13.0. The van der Waals surface area contributed by atoms with E-state index in [1.807, 2.05) is 18.2 Å². The number of carbonyl (C=O) groups is 3. The molecule has 2 heterocycles. The zero-order valence-electron chi connectivity index (χ0n) is 16.8. The molecule has 8 nitrogen and oxygen atoms in total. The van der Waals surface area contributed by atoms with E-state index >= 15 is 0 Å². The number of anilines is 1. The van der Waals surface area contributed by atoms with Gasteiger partial charge in [-0.25, -0.2) is 9.78 Å². The highest BCUT2D eigenvalue weighted by Crippen LogP contribution is 2.39. The molecule has 30 heavy (non-hydrogen) atoms. The lowest BCUT2D eigenvalue weighted by Crippen LogP contribution is -2.49. The molecule has 1 aliphatic heterocycles. The zero-order valence-corrected chi connectivity index (χ0v) is 16.8. The Labute approximate surface area is 174 Å². The Kier molecular flexibility index (Phi) is 5.39. The van der Waals surface area contributed by atoms with Crippen LogP contribution in [-0.4, -0.2) is 51.8 Å². The van der Waals surface area contributed by atoms with E-state index in [0.29, 0.717) is 24.3 Å². The number of benzene rings is 1. The molecule has 1 saturated carbocycles. The number of amides is 4. The van der Waals surface area contributed by atoms with Crippen LogP contribution in [0.3, 0.4) is 0 Å². The fraction of sp³-hybridized carbons (Fsp3) is 0.364. The SMILES string of the molecule is CN1C(=O)N(CC(=O)Nc2cccnc2Oc2ccccc2)C(=O)C12CCCCC2. The van der Waals surface area contributed by atoms with Crippen LogP contribution in [0.15, 0.2) is 48.7 Å². The molecule has 2 aliphatic rings. The summed E-state index contributed by atoms with van der Waals surface area (Å²) in [6, 6.07) is 12.0. The Hall–Kier alpha value is -3.42. The van der Waals surface area contributed by atoms with Crippen molar-refractivity contribution in [3.63, 3.8) is 0 Å². The van der Waals surface area contributed by atoms with Crippen molar-refractivity contribution in [2.24, 2.45) is 0 Å². The lowest BCUT2D eigenvalue weighted by atomic mass is 9.81. The summed E-state index contributed by atoms with van der Waals surface area (Å²) in [5.74, 6) is 0.0510. The predicted octanol–water partition coefficient (Wildman–Crippen LogP) is 3.41. The van der Waals surface area contributed by atoms with Crippen molar-refractivity contribution >= 4 is 23.5 Å². The van der Waals surface area contributed by atoms with Gasteiger partial charge in [-0.2, -0.15) is 0 Å². The fourth-order valence-corrected chi connectivity index (χ4v) is 4.17. The molecule has 1 spiro atoms. The highest BCUT2D eigenvalue weighted by molar-refractivity contribution is 6.10. The lowest BCUT2D eigenvalue weighted by Gasteiger charge is -2.35. The number of para-hydroxylation sites is 1. The predicted molar refractivity (Wildman–Crippen MR) is 110 cm³/mol. The summed E-state index contributed by atoms with van der Waals surface area (Å²) in [6.45, 7) is -0.344. The van der Waals surface area contributed by atoms with Crippen LogP contribution < -0.4 is 10.1 Å². The summed E-state index contributed by atoms with van der Waals surface area (Å²) in [5.41, 5.74) is -0.433. The quantitative estimate of drug-likeness (QED) is 0.766. The van der Waals surface area contributed by atoms with Gasteiger partial charge >= 0.3 is 6.03 Å². The van der Waals surface area contributed by atoms with Gasteiger partial charge in [-0.15, -0.1) is 0 Å². The van der Waals surface area contributed by atoms with Gasteiger partial charge in [0.2, 0.25) is 11.8 Å². The Bertz CT molecular complexity index is 957. The van der Waals surface area contributed by atoms with E-state index in [2.05, 4.69) is 10.3 Å². The molecule has 1 aliphatic carbocycles. The summed E-state index contributed by atoms with van der Waals surface area (Å²) in [5, 5.41) is 2.71. The van der Waals surface area contributed by atoms with Crippen LogP contribution in [0.25, 0.3) is 0 Å². The summed E-state index contributed by atoms with van der Waals surface area (Å²) >= 11 is 0. The third-order valence-electron chi connectivity index (χ3n) is 5.79.